The van der Waals surface area contributed by atoms with Crippen molar-refractivity contribution in [2.45, 2.75) is 26.3 Å². The second-order valence-corrected chi connectivity index (χ2v) is 6.09. The van der Waals surface area contributed by atoms with Crippen molar-refractivity contribution in [2.24, 2.45) is 5.92 Å². The molecule has 4 nitrogen and oxygen atoms in total. The van der Waals surface area contributed by atoms with Crippen molar-refractivity contribution >= 4 is 11.9 Å². The van der Waals surface area contributed by atoms with Gasteiger partial charge in [-0.2, -0.15) is 0 Å². The van der Waals surface area contributed by atoms with Crippen LogP contribution in [0.3, 0.4) is 0 Å². The molecule has 4 heteroatoms. The Kier molecular flexibility index (Phi) is 6.13. The zero-order valence-electron chi connectivity index (χ0n) is 14.3. The van der Waals surface area contributed by atoms with Gasteiger partial charge in [-0.25, -0.2) is 4.79 Å². The van der Waals surface area contributed by atoms with Crippen LogP contribution in [0.15, 0.2) is 54.6 Å². The van der Waals surface area contributed by atoms with Gasteiger partial charge in [-0.05, 0) is 29.5 Å². The number of hydrogen-bond donors (Lipinski definition) is 1. The molecule has 1 unspecified atom stereocenters. The quantitative estimate of drug-likeness (QED) is 0.825. The normalized spacial score (nSPS) is 11.8. The number of ether oxygens (including phenoxy) is 1. The van der Waals surface area contributed by atoms with Gasteiger partial charge in [-0.15, -0.1) is 0 Å². The first-order valence-corrected chi connectivity index (χ1v) is 8.06. The van der Waals surface area contributed by atoms with Gasteiger partial charge >= 0.3 is 5.97 Å². The van der Waals surface area contributed by atoms with Gasteiger partial charge in [0.2, 0.25) is 0 Å². The minimum absolute atomic E-state index is 0.263. The lowest BCUT2D eigenvalue weighted by Gasteiger charge is -2.19. The molecule has 1 atom stereocenters. The van der Waals surface area contributed by atoms with Crippen molar-refractivity contribution in [1.29, 1.82) is 0 Å². The Balaban J connectivity index is 2.28. The molecule has 1 N–H and O–H groups in total. The van der Waals surface area contributed by atoms with Crippen LogP contribution in [0.2, 0.25) is 0 Å². The van der Waals surface area contributed by atoms with Gasteiger partial charge in [-0.1, -0.05) is 62.4 Å². The van der Waals surface area contributed by atoms with Gasteiger partial charge in [-0.3, -0.25) is 4.79 Å². The molecule has 0 spiro atoms. The minimum Gasteiger partial charge on any atom is -0.467 e. The molecule has 2 aromatic rings. The van der Waals surface area contributed by atoms with Crippen molar-refractivity contribution in [1.82, 2.24) is 5.32 Å². The van der Waals surface area contributed by atoms with Crippen LogP contribution in [0.1, 0.15) is 30.6 Å². The summed E-state index contributed by atoms with van der Waals surface area (Å²) in [5.41, 5.74) is 2.34. The van der Waals surface area contributed by atoms with Crippen molar-refractivity contribution in [3.05, 3.63) is 60.2 Å². The molecule has 1 amide bonds. The number of benzene rings is 2. The summed E-state index contributed by atoms with van der Waals surface area (Å²) in [6.07, 6.45) is 0.534. The van der Waals surface area contributed by atoms with E-state index in [2.05, 4.69) is 5.32 Å². The van der Waals surface area contributed by atoms with Crippen LogP contribution in [0.4, 0.5) is 0 Å². The van der Waals surface area contributed by atoms with Crippen LogP contribution in [0.25, 0.3) is 11.1 Å². The number of carbonyl (C=O) groups is 2. The fourth-order valence-electron chi connectivity index (χ4n) is 2.61. The number of rotatable bonds is 6. The highest BCUT2D eigenvalue weighted by Gasteiger charge is 2.24. The standard InChI is InChI=1S/C20H23NO3/c1-14(2)13-18(20(23)24-3)21-19(22)17-12-8-7-11-16(17)15-9-5-4-6-10-15/h4-12,14,18H,13H2,1-3H3,(H,21,22). The third kappa shape index (κ3) is 4.44. The van der Waals surface area contributed by atoms with E-state index in [1.54, 1.807) is 6.07 Å². The Morgan fingerprint density at radius 3 is 2.25 bits per heavy atom. The van der Waals surface area contributed by atoms with Gasteiger partial charge in [0.25, 0.3) is 5.91 Å². The molecule has 0 saturated heterocycles. The smallest absolute Gasteiger partial charge is 0.328 e. The summed E-state index contributed by atoms with van der Waals surface area (Å²) in [4.78, 5) is 24.7. The van der Waals surface area contributed by atoms with Crippen LogP contribution in [-0.4, -0.2) is 25.0 Å². The average Bonchev–Trinajstić information content (AvgIpc) is 2.60. The van der Waals surface area contributed by atoms with Gasteiger partial charge in [0.1, 0.15) is 6.04 Å². The summed E-state index contributed by atoms with van der Waals surface area (Å²) in [6, 6.07) is 16.4. The van der Waals surface area contributed by atoms with Crippen LogP contribution in [-0.2, 0) is 9.53 Å². The highest BCUT2D eigenvalue weighted by molar-refractivity contribution is 6.02. The molecular formula is C20H23NO3. The lowest BCUT2D eigenvalue weighted by atomic mass is 9.98. The molecule has 24 heavy (non-hydrogen) atoms. The highest BCUT2D eigenvalue weighted by Crippen LogP contribution is 2.23. The fraction of sp³-hybridized carbons (Fsp3) is 0.300. The van der Waals surface area contributed by atoms with E-state index in [-0.39, 0.29) is 11.8 Å². The summed E-state index contributed by atoms with van der Waals surface area (Å²) < 4.78 is 4.81. The van der Waals surface area contributed by atoms with Crippen molar-refractivity contribution in [2.75, 3.05) is 7.11 Å². The van der Waals surface area contributed by atoms with Crippen molar-refractivity contribution < 1.29 is 14.3 Å². The molecule has 0 aromatic heterocycles. The molecule has 0 aliphatic heterocycles. The molecule has 0 saturated carbocycles. The van der Waals surface area contributed by atoms with Gasteiger partial charge < -0.3 is 10.1 Å². The second kappa shape index (κ2) is 8.29. The van der Waals surface area contributed by atoms with E-state index in [4.69, 9.17) is 4.74 Å². The Bertz CT molecular complexity index is 695. The average molecular weight is 325 g/mol. The number of carbonyl (C=O) groups excluding carboxylic acids is 2. The molecule has 0 radical (unpaired) electrons. The molecule has 0 bridgehead atoms. The SMILES string of the molecule is COC(=O)C(CC(C)C)NC(=O)c1ccccc1-c1ccccc1. The van der Waals surface area contributed by atoms with E-state index >= 15 is 0 Å². The first-order chi connectivity index (χ1) is 11.5. The highest BCUT2D eigenvalue weighted by atomic mass is 16.5. The molecule has 0 aliphatic rings. The predicted molar refractivity (Wildman–Crippen MR) is 94.6 cm³/mol. The largest absolute Gasteiger partial charge is 0.467 e. The zero-order chi connectivity index (χ0) is 17.5. The van der Waals surface area contributed by atoms with Gasteiger partial charge in [0.15, 0.2) is 0 Å². The first kappa shape index (κ1) is 17.7. The van der Waals surface area contributed by atoms with E-state index in [1.165, 1.54) is 7.11 Å². The first-order valence-electron chi connectivity index (χ1n) is 8.06. The molecule has 2 rings (SSSR count). The Labute approximate surface area is 142 Å². The minimum atomic E-state index is -0.647. The summed E-state index contributed by atoms with van der Waals surface area (Å²) in [6.45, 7) is 4.00. The Hall–Kier alpha value is -2.62. The van der Waals surface area contributed by atoms with Crippen LogP contribution < -0.4 is 5.32 Å². The summed E-state index contributed by atoms with van der Waals surface area (Å²) in [7, 11) is 1.33. The van der Waals surface area contributed by atoms with E-state index in [9.17, 15) is 9.59 Å². The Morgan fingerprint density at radius 2 is 1.62 bits per heavy atom. The van der Waals surface area contributed by atoms with Gasteiger partial charge in [0.05, 0.1) is 7.11 Å². The molecule has 0 heterocycles. The zero-order valence-corrected chi connectivity index (χ0v) is 14.3. The summed E-state index contributed by atoms with van der Waals surface area (Å²) >= 11 is 0. The molecule has 0 fully saturated rings. The summed E-state index contributed by atoms with van der Waals surface area (Å²) in [5.74, 6) is -0.432. The van der Waals surface area contributed by atoms with Gasteiger partial charge in [0, 0.05) is 5.56 Å². The van der Waals surface area contributed by atoms with Crippen LogP contribution in [0, 0.1) is 5.92 Å². The molecular weight excluding hydrogens is 302 g/mol. The number of esters is 1. The maximum Gasteiger partial charge on any atom is 0.328 e. The monoisotopic (exact) mass is 325 g/mol. The molecule has 126 valence electrons. The van der Waals surface area contributed by atoms with E-state index in [0.717, 1.165) is 11.1 Å². The van der Waals surface area contributed by atoms with E-state index < -0.39 is 12.0 Å². The molecule has 2 aromatic carbocycles. The number of amides is 1. The van der Waals surface area contributed by atoms with Crippen molar-refractivity contribution in [3.63, 3.8) is 0 Å². The topological polar surface area (TPSA) is 55.4 Å². The molecule has 0 aliphatic carbocycles. The third-order valence-corrected chi connectivity index (χ3v) is 3.75. The maximum atomic E-state index is 12.7. The fourth-order valence-corrected chi connectivity index (χ4v) is 2.61. The lowest BCUT2D eigenvalue weighted by Crippen LogP contribution is -2.42. The lowest BCUT2D eigenvalue weighted by molar-refractivity contribution is -0.143. The van der Waals surface area contributed by atoms with E-state index in [1.807, 2.05) is 62.4 Å². The van der Waals surface area contributed by atoms with Crippen molar-refractivity contribution in [3.8, 4) is 11.1 Å². The second-order valence-electron chi connectivity index (χ2n) is 6.09. The maximum absolute atomic E-state index is 12.7. The third-order valence-electron chi connectivity index (χ3n) is 3.75. The Morgan fingerprint density at radius 1 is 1.00 bits per heavy atom. The number of nitrogens with one attached hydrogen (secondary N) is 1. The predicted octanol–water partition coefficient (Wildman–Crippen LogP) is 3.67. The summed E-state index contributed by atoms with van der Waals surface area (Å²) in [5, 5.41) is 2.81. The number of methoxy groups -OCH3 is 1. The number of hydrogen-bond acceptors (Lipinski definition) is 3. The van der Waals surface area contributed by atoms with Crippen LogP contribution in [0.5, 0.6) is 0 Å². The van der Waals surface area contributed by atoms with Crippen LogP contribution >= 0.6 is 0 Å². The van der Waals surface area contributed by atoms with E-state index in [0.29, 0.717) is 12.0 Å².